The number of methoxy groups -OCH3 is 1. The van der Waals surface area contributed by atoms with Gasteiger partial charge in [-0.3, -0.25) is 9.79 Å². The van der Waals surface area contributed by atoms with Gasteiger partial charge in [-0.1, -0.05) is 25.5 Å². The van der Waals surface area contributed by atoms with Crippen molar-refractivity contribution < 1.29 is 14.3 Å². The van der Waals surface area contributed by atoms with E-state index in [9.17, 15) is 4.79 Å². The first-order valence-electron chi connectivity index (χ1n) is 11.1. The number of hydrogen-bond donors (Lipinski definition) is 2. The number of unbranched alkanes of at least 4 members (excludes halogenated alkanes) is 1. The molecule has 168 valence electrons. The summed E-state index contributed by atoms with van der Waals surface area (Å²) >= 11 is 0. The molecular weight excluding hydrogens is 380 g/mol. The van der Waals surface area contributed by atoms with Crippen LogP contribution in [0.5, 0.6) is 0 Å². The maximum absolute atomic E-state index is 12.1. The molecule has 2 rings (SSSR count). The summed E-state index contributed by atoms with van der Waals surface area (Å²) in [6.45, 7) is 6.90. The van der Waals surface area contributed by atoms with Crippen LogP contribution >= 0.6 is 0 Å². The molecule has 0 aliphatic carbocycles. The zero-order valence-electron chi connectivity index (χ0n) is 18.8. The largest absolute Gasteiger partial charge is 0.385 e. The van der Waals surface area contributed by atoms with Crippen LogP contribution in [0.1, 0.15) is 54.9 Å². The molecule has 1 aliphatic heterocycles. The molecule has 2 N–H and O–H groups in total. The molecule has 30 heavy (non-hydrogen) atoms. The number of carbonyl (C=O) groups excluding carboxylic acids is 1. The molecule has 0 radical (unpaired) electrons. The lowest BCUT2D eigenvalue weighted by Crippen LogP contribution is -2.46. The van der Waals surface area contributed by atoms with Crippen LogP contribution in [-0.4, -0.2) is 69.9 Å². The Morgan fingerprint density at radius 2 is 1.87 bits per heavy atom. The Morgan fingerprint density at radius 3 is 2.50 bits per heavy atom. The normalized spacial score (nSPS) is 15.3. The van der Waals surface area contributed by atoms with E-state index in [1.807, 2.05) is 31.3 Å². The van der Waals surface area contributed by atoms with E-state index >= 15 is 0 Å². The minimum absolute atomic E-state index is 0.00826. The second-order valence-electron chi connectivity index (χ2n) is 7.61. The lowest BCUT2D eigenvalue weighted by Gasteiger charge is -2.34. The fourth-order valence-electron chi connectivity index (χ4n) is 3.46. The minimum Gasteiger partial charge on any atom is -0.385 e. The number of nitrogens with one attached hydrogen (secondary N) is 2. The quantitative estimate of drug-likeness (QED) is 0.328. The zero-order chi connectivity index (χ0) is 21.6. The first-order valence-corrected chi connectivity index (χ1v) is 11.1. The van der Waals surface area contributed by atoms with Crippen molar-refractivity contribution in [2.45, 2.75) is 51.7 Å². The number of amides is 1. The smallest absolute Gasteiger partial charge is 0.251 e. The standard InChI is InChI=1S/C23H38N4O3/c1-4-5-13-25-22(28)20-9-7-19(8-10-20)18-26-23(24-2)27-14-11-21(12-15-27)30-17-6-16-29-3/h7-10,21H,4-6,11-18H2,1-3H3,(H,24,26)(H,25,28). The van der Waals surface area contributed by atoms with Gasteiger partial charge < -0.3 is 25.0 Å². The molecule has 1 heterocycles. The van der Waals surface area contributed by atoms with Gasteiger partial charge in [-0.05, 0) is 43.4 Å². The van der Waals surface area contributed by atoms with Crippen LogP contribution < -0.4 is 10.6 Å². The Kier molecular flexibility index (Phi) is 11.3. The molecule has 1 aromatic carbocycles. The summed E-state index contributed by atoms with van der Waals surface area (Å²) in [5.41, 5.74) is 1.82. The second kappa shape index (κ2) is 14.0. The lowest BCUT2D eigenvalue weighted by atomic mass is 10.1. The van der Waals surface area contributed by atoms with E-state index in [1.165, 1.54) is 0 Å². The molecule has 0 unspecified atom stereocenters. The van der Waals surface area contributed by atoms with E-state index in [1.54, 1.807) is 7.11 Å². The Balaban J connectivity index is 1.73. The molecule has 0 spiro atoms. The number of carbonyl (C=O) groups is 1. The number of piperidine rings is 1. The molecule has 1 fully saturated rings. The third kappa shape index (κ3) is 8.32. The third-order valence-corrected chi connectivity index (χ3v) is 5.28. The number of hydrogen-bond acceptors (Lipinski definition) is 4. The van der Waals surface area contributed by atoms with E-state index in [2.05, 4.69) is 27.4 Å². The summed E-state index contributed by atoms with van der Waals surface area (Å²) in [5, 5.41) is 6.39. The topological polar surface area (TPSA) is 75.2 Å². The maximum Gasteiger partial charge on any atom is 0.251 e. The van der Waals surface area contributed by atoms with Gasteiger partial charge in [0.25, 0.3) is 5.91 Å². The van der Waals surface area contributed by atoms with Gasteiger partial charge >= 0.3 is 0 Å². The molecule has 1 amide bonds. The molecule has 1 aliphatic rings. The summed E-state index contributed by atoms with van der Waals surface area (Å²) < 4.78 is 11.0. The number of likely N-dealkylation sites (tertiary alicyclic amines) is 1. The van der Waals surface area contributed by atoms with Gasteiger partial charge in [0.2, 0.25) is 0 Å². The maximum atomic E-state index is 12.1. The van der Waals surface area contributed by atoms with E-state index in [-0.39, 0.29) is 5.91 Å². The van der Waals surface area contributed by atoms with Crippen molar-refractivity contribution in [3.8, 4) is 0 Å². The molecule has 0 aromatic heterocycles. The lowest BCUT2D eigenvalue weighted by molar-refractivity contribution is 0.00989. The summed E-state index contributed by atoms with van der Waals surface area (Å²) in [5.74, 6) is 0.903. The molecule has 7 nitrogen and oxygen atoms in total. The number of rotatable bonds is 11. The molecule has 0 bridgehead atoms. The Bertz CT molecular complexity index is 640. The first kappa shape index (κ1) is 24.2. The SMILES string of the molecule is CCCCNC(=O)c1ccc(CNC(=NC)N2CCC(OCCCOC)CC2)cc1. The Morgan fingerprint density at radius 1 is 1.13 bits per heavy atom. The van der Waals surface area contributed by atoms with Crippen molar-refractivity contribution in [3.63, 3.8) is 0 Å². The third-order valence-electron chi connectivity index (χ3n) is 5.28. The molecule has 1 aromatic rings. The predicted octanol–water partition coefficient (Wildman–Crippen LogP) is 2.81. The molecular formula is C23H38N4O3. The van der Waals surface area contributed by atoms with Crippen LogP contribution in [-0.2, 0) is 16.0 Å². The highest BCUT2D eigenvalue weighted by Crippen LogP contribution is 2.14. The average Bonchev–Trinajstić information content (AvgIpc) is 2.78. The second-order valence-corrected chi connectivity index (χ2v) is 7.61. The molecule has 1 saturated heterocycles. The Labute approximate surface area is 181 Å². The Hall–Kier alpha value is -2.12. The van der Waals surface area contributed by atoms with E-state index in [0.29, 0.717) is 18.2 Å². The van der Waals surface area contributed by atoms with Crippen molar-refractivity contribution >= 4 is 11.9 Å². The number of nitrogens with zero attached hydrogens (tertiary/aromatic N) is 2. The van der Waals surface area contributed by atoms with Crippen LogP contribution in [0, 0.1) is 0 Å². The van der Waals surface area contributed by atoms with Crippen molar-refractivity contribution in [2.24, 2.45) is 4.99 Å². The summed E-state index contributed by atoms with van der Waals surface area (Å²) in [6.07, 6.45) is 5.37. The molecule has 0 atom stereocenters. The monoisotopic (exact) mass is 418 g/mol. The summed E-state index contributed by atoms with van der Waals surface area (Å²) in [4.78, 5) is 18.8. The van der Waals surface area contributed by atoms with Crippen molar-refractivity contribution in [1.29, 1.82) is 0 Å². The van der Waals surface area contributed by atoms with Gasteiger partial charge in [0.05, 0.1) is 6.10 Å². The van der Waals surface area contributed by atoms with Gasteiger partial charge in [-0.25, -0.2) is 0 Å². The van der Waals surface area contributed by atoms with E-state index in [0.717, 1.165) is 76.5 Å². The first-order chi connectivity index (χ1) is 14.7. The fraction of sp³-hybridized carbons (Fsp3) is 0.652. The number of ether oxygens (including phenoxy) is 2. The van der Waals surface area contributed by atoms with Gasteiger partial charge in [0.15, 0.2) is 5.96 Å². The van der Waals surface area contributed by atoms with Crippen molar-refractivity contribution in [2.75, 3.05) is 47.0 Å². The minimum atomic E-state index is -0.00826. The van der Waals surface area contributed by atoms with Gasteiger partial charge in [-0.15, -0.1) is 0 Å². The number of guanidine groups is 1. The van der Waals surface area contributed by atoms with Crippen LogP contribution in [0.15, 0.2) is 29.3 Å². The van der Waals surface area contributed by atoms with E-state index in [4.69, 9.17) is 9.47 Å². The van der Waals surface area contributed by atoms with Crippen molar-refractivity contribution in [3.05, 3.63) is 35.4 Å². The average molecular weight is 419 g/mol. The van der Waals surface area contributed by atoms with Gasteiger partial charge in [0.1, 0.15) is 0 Å². The van der Waals surface area contributed by atoms with Crippen LogP contribution in [0.25, 0.3) is 0 Å². The van der Waals surface area contributed by atoms with Crippen LogP contribution in [0.2, 0.25) is 0 Å². The highest BCUT2D eigenvalue weighted by Gasteiger charge is 2.21. The van der Waals surface area contributed by atoms with Crippen LogP contribution in [0.3, 0.4) is 0 Å². The van der Waals surface area contributed by atoms with Crippen LogP contribution in [0.4, 0.5) is 0 Å². The summed E-state index contributed by atoms with van der Waals surface area (Å²) in [7, 11) is 3.54. The van der Waals surface area contributed by atoms with Gasteiger partial charge in [0, 0.05) is 59.1 Å². The number of aliphatic imine (C=N–C) groups is 1. The summed E-state index contributed by atoms with van der Waals surface area (Å²) in [6, 6.07) is 7.76. The fourth-order valence-corrected chi connectivity index (χ4v) is 3.46. The molecule has 0 saturated carbocycles. The van der Waals surface area contributed by atoms with E-state index < -0.39 is 0 Å². The highest BCUT2D eigenvalue weighted by atomic mass is 16.5. The zero-order valence-corrected chi connectivity index (χ0v) is 18.8. The number of benzene rings is 1. The molecule has 7 heteroatoms. The highest BCUT2D eigenvalue weighted by molar-refractivity contribution is 5.94. The van der Waals surface area contributed by atoms with Gasteiger partial charge in [-0.2, -0.15) is 0 Å². The predicted molar refractivity (Wildman–Crippen MR) is 121 cm³/mol. The van der Waals surface area contributed by atoms with Crippen molar-refractivity contribution in [1.82, 2.24) is 15.5 Å².